The Morgan fingerprint density at radius 1 is 1.39 bits per heavy atom. The fraction of sp³-hybridized carbons (Fsp3) is 0.438. The summed E-state index contributed by atoms with van der Waals surface area (Å²) in [6.45, 7) is 4.32. The van der Waals surface area contributed by atoms with Crippen molar-refractivity contribution >= 4 is 10.9 Å². The van der Waals surface area contributed by atoms with E-state index in [1.165, 1.54) is 39.7 Å². The third-order valence-electron chi connectivity index (χ3n) is 4.09. The maximum absolute atomic E-state index is 9.01. The molecule has 92 valence electrons. The van der Waals surface area contributed by atoms with Gasteiger partial charge in [0.15, 0.2) is 0 Å². The molecule has 1 unspecified atom stereocenters. The van der Waals surface area contributed by atoms with Gasteiger partial charge < -0.3 is 4.98 Å². The normalized spacial score (nSPS) is 18.6. The number of hydrogen-bond acceptors (Lipinski definition) is 1. The molecule has 0 fully saturated rings. The van der Waals surface area contributed by atoms with Crippen LogP contribution >= 0.6 is 0 Å². The number of nitrogens with one attached hydrogen (secondary N) is 1. The van der Waals surface area contributed by atoms with E-state index < -0.39 is 0 Å². The van der Waals surface area contributed by atoms with E-state index in [-0.39, 0.29) is 0 Å². The summed E-state index contributed by atoms with van der Waals surface area (Å²) in [7, 11) is 0. The number of benzene rings is 1. The van der Waals surface area contributed by atoms with Crippen LogP contribution in [0, 0.1) is 25.2 Å². The van der Waals surface area contributed by atoms with Gasteiger partial charge in [-0.25, -0.2) is 0 Å². The van der Waals surface area contributed by atoms with E-state index in [2.05, 4.69) is 37.0 Å². The number of fused-ring (bicyclic) bond motifs is 3. The van der Waals surface area contributed by atoms with Crippen molar-refractivity contribution in [3.63, 3.8) is 0 Å². The second-order valence-electron chi connectivity index (χ2n) is 5.47. The van der Waals surface area contributed by atoms with Crippen molar-refractivity contribution < 1.29 is 0 Å². The van der Waals surface area contributed by atoms with Crippen LogP contribution in [0.5, 0.6) is 0 Å². The maximum atomic E-state index is 9.01. The number of nitrogens with zero attached hydrogens (tertiary/aromatic N) is 1. The molecule has 1 aliphatic rings. The Kier molecular flexibility index (Phi) is 2.63. The van der Waals surface area contributed by atoms with Gasteiger partial charge in [0.2, 0.25) is 0 Å². The molecule has 1 aromatic carbocycles. The average Bonchev–Trinajstić information content (AvgIpc) is 2.68. The lowest BCUT2D eigenvalue weighted by Crippen LogP contribution is -2.08. The summed E-state index contributed by atoms with van der Waals surface area (Å²) in [5.41, 5.74) is 6.69. The monoisotopic (exact) mass is 238 g/mol. The maximum Gasteiger partial charge on any atom is 0.0628 e. The summed E-state index contributed by atoms with van der Waals surface area (Å²) in [4.78, 5) is 3.58. The average molecular weight is 238 g/mol. The van der Waals surface area contributed by atoms with Crippen molar-refractivity contribution in [2.24, 2.45) is 0 Å². The third-order valence-corrected chi connectivity index (χ3v) is 4.09. The van der Waals surface area contributed by atoms with Gasteiger partial charge in [-0.3, -0.25) is 0 Å². The minimum absolute atomic E-state index is 0.425. The van der Waals surface area contributed by atoms with Gasteiger partial charge in [0, 0.05) is 23.0 Å². The molecule has 0 spiro atoms. The number of hydrogen-bond donors (Lipinski definition) is 1. The Balaban J connectivity index is 2.28. The number of rotatable bonds is 1. The third kappa shape index (κ3) is 1.62. The van der Waals surface area contributed by atoms with Crippen molar-refractivity contribution in [3.05, 3.63) is 34.5 Å². The smallest absolute Gasteiger partial charge is 0.0628 e. The zero-order valence-corrected chi connectivity index (χ0v) is 11.0. The Morgan fingerprint density at radius 3 is 3.00 bits per heavy atom. The van der Waals surface area contributed by atoms with Gasteiger partial charge in [0.25, 0.3) is 0 Å². The Bertz CT molecular complexity index is 643. The van der Waals surface area contributed by atoms with Crippen LogP contribution in [0.25, 0.3) is 10.9 Å². The molecule has 3 rings (SSSR count). The van der Waals surface area contributed by atoms with E-state index in [9.17, 15) is 0 Å². The predicted octanol–water partition coefficient (Wildman–Crippen LogP) is 4.12. The first kappa shape index (κ1) is 11.3. The van der Waals surface area contributed by atoms with E-state index in [0.717, 1.165) is 12.8 Å². The SMILES string of the molecule is Cc1cc(C)c2c3c([nH]c2c1)CCCC3CC#N. The highest BCUT2D eigenvalue weighted by Crippen LogP contribution is 2.40. The van der Waals surface area contributed by atoms with Crippen LogP contribution in [-0.4, -0.2) is 4.98 Å². The standard InChI is InChI=1S/C16H18N2/c1-10-8-11(2)15-14(9-10)18-13-5-3-4-12(6-7-17)16(13)15/h8-9,12,18H,3-6H2,1-2H3. The molecule has 1 heterocycles. The van der Waals surface area contributed by atoms with E-state index in [0.29, 0.717) is 12.3 Å². The number of aromatic amines is 1. The first-order valence-corrected chi connectivity index (χ1v) is 6.69. The largest absolute Gasteiger partial charge is 0.358 e. The second kappa shape index (κ2) is 4.17. The molecule has 0 saturated heterocycles. The summed E-state index contributed by atoms with van der Waals surface area (Å²) < 4.78 is 0. The number of nitriles is 1. The lowest BCUT2D eigenvalue weighted by atomic mass is 9.82. The minimum Gasteiger partial charge on any atom is -0.358 e. The molecule has 2 aromatic rings. The van der Waals surface area contributed by atoms with Gasteiger partial charge in [-0.2, -0.15) is 5.26 Å². The van der Waals surface area contributed by atoms with Gasteiger partial charge in [-0.15, -0.1) is 0 Å². The molecule has 1 aromatic heterocycles. The van der Waals surface area contributed by atoms with Crippen LogP contribution in [0.3, 0.4) is 0 Å². The zero-order chi connectivity index (χ0) is 12.7. The molecule has 0 radical (unpaired) electrons. The Labute approximate surface area is 108 Å². The molecule has 2 nitrogen and oxygen atoms in total. The summed E-state index contributed by atoms with van der Waals surface area (Å²) in [5.74, 6) is 0.425. The molecular formula is C16H18N2. The minimum atomic E-state index is 0.425. The van der Waals surface area contributed by atoms with Gasteiger partial charge >= 0.3 is 0 Å². The molecular weight excluding hydrogens is 220 g/mol. The van der Waals surface area contributed by atoms with Crippen LogP contribution < -0.4 is 0 Å². The van der Waals surface area contributed by atoms with Gasteiger partial charge in [0.05, 0.1) is 6.07 Å². The van der Waals surface area contributed by atoms with Crippen LogP contribution in [-0.2, 0) is 6.42 Å². The van der Waals surface area contributed by atoms with Crippen molar-refractivity contribution in [1.29, 1.82) is 5.26 Å². The van der Waals surface area contributed by atoms with Crippen molar-refractivity contribution in [3.8, 4) is 6.07 Å². The lowest BCUT2D eigenvalue weighted by molar-refractivity contribution is 0.561. The number of aromatic nitrogens is 1. The molecule has 1 atom stereocenters. The fourth-order valence-electron chi connectivity index (χ4n) is 3.44. The molecule has 1 N–H and O–H groups in total. The Morgan fingerprint density at radius 2 is 2.22 bits per heavy atom. The Hall–Kier alpha value is -1.75. The molecule has 18 heavy (non-hydrogen) atoms. The van der Waals surface area contributed by atoms with Crippen LogP contribution in [0.1, 0.15) is 47.6 Å². The van der Waals surface area contributed by atoms with Crippen LogP contribution in [0.2, 0.25) is 0 Å². The highest BCUT2D eigenvalue weighted by molar-refractivity contribution is 5.89. The summed E-state index contributed by atoms with van der Waals surface area (Å²) >= 11 is 0. The van der Waals surface area contributed by atoms with Gasteiger partial charge in [0.1, 0.15) is 0 Å². The first-order chi connectivity index (χ1) is 8.70. The lowest BCUT2D eigenvalue weighted by Gasteiger charge is -2.21. The summed E-state index contributed by atoms with van der Waals surface area (Å²) in [6.07, 6.45) is 4.13. The van der Waals surface area contributed by atoms with E-state index in [1.54, 1.807) is 0 Å². The van der Waals surface area contributed by atoms with Crippen molar-refractivity contribution in [1.82, 2.24) is 4.98 Å². The van der Waals surface area contributed by atoms with Gasteiger partial charge in [-0.05, 0) is 61.8 Å². The quantitative estimate of drug-likeness (QED) is 0.797. The van der Waals surface area contributed by atoms with E-state index >= 15 is 0 Å². The van der Waals surface area contributed by atoms with E-state index in [1.807, 2.05) is 0 Å². The fourth-order valence-corrected chi connectivity index (χ4v) is 3.44. The molecule has 1 aliphatic carbocycles. The van der Waals surface area contributed by atoms with Gasteiger partial charge in [-0.1, -0.05) is 6.07 Å². The van der Waals surface area contributed by atoms with Crippen LogP contribution in [0.4, 0.5) is 0 Å². The topological polar surface area (TPSA) is 39.6 Å². The van der Waals surface area contributed by atoms with Crippen molar-refractivity contribution in [2.45, 2.75) is 45.4 Å². The second-order valence-corrected chi connectivity index (χ2v) is 5.47. The van der Waals surface area contributed by atoms with Crippen molar-refractivity contribution in [2.75, 3.05) is 0 Å². The highest BCUT2D eigenvalue weighted by atomic mass is 14.7. The zero-order valence-electron chi connectivity index (χ0n) is 11.0. The molecule has 0 bridgehead atoms. The molecule has 2 heteroatoms. The first-order valence-electron chi connectivity index (χ1n) is 6.69. The number of H-pyrrole nitrogens is 1. The summed E-state index contributed by atoms with van der Waals surface area (Å²) in [6, 6.07) is 6.82. The predicted molar refractivity (Wildman–Crippen MR) is 73.7 cm³/mol. The highest BCUT2D eigenvalue weighted by Gasteiger charge is 2.25. The number of aryl methyl sites for hydroxylation is 3. The molecule has 0 aliphatic heterocycles. The summed E-state index contributed by atoms with van der Waals surface area (Å²) in [5, 5.41) is 10.4. The molecule has 0 saturated carbocycles. The van der Waals surface area contributed by atoms with Crippen LogP contribution in [0.15, 0.2) is 12.1 Å². The molecule has 0 amide bonds. The van der Waals surface area contributed by atoms with E-state index in [4.69, 9.17) is 5.26 Å².